The molecule has 0 aliphatic carbocycles. The van der Waals surface area contributed by atoms with Crippen LogP contribution in [0.3, 0.4) is 0 Å². The highest BCUT2D eigenvalue weighted by Crippen LogP contribution is 2.32. The number of alkyl halides is 3. The van der Waals surface area contributed by atoms with Gasteiger partial charge in [0, 0.05) is 5.69 Å². The van der Waals surface area contributed by atoms with E-state index in [0.717, 1.165) is 17.7 Å². The molecular weight excluding hydrogens is 269 g/mol. The monoisotopic (exact) mass is 282 g/mol. The first-order valence-electron chi connectivity index (χ1n) is 5.78. The number of nitrogens with zero attached hydrogens (tertiary/aromatic N) is 1. The van der Waals surface area contributed by atoms with Crippen LogP contribution in [0.1, 0.15) is 11.1 Å². The van der Waals surface area contributed by atoms with Crippen LogP contribution in [0.2, 0.25) is 0 Å². The van der Waals surface area contributed by atoms with Crippen molar-refractivity contribution >= 4 is 17.3 Å². The largest absolute Gasteiger partial charge is 0.416 e. The normalized spacial score (nSPS) is 11.2. The molecule has 2 rings (SSSR count). The predicted octanol–water partition coefficient (Wildman–Crippen LogP) is 3.44. The Morgan fingerprint density at radius 2 is 1.80 bits per heavy atom. The number of nitrogens with two attached hydrogens (primary N) is 1. The minimum absolute atomic E-state index is 0.0602. The Morgan fingerprint density at radius 3 is 2.40 bits per heavy atom. The smallest absolute Gasteiger partial charge is 0.340 e. The molecule has 0 unspecified atom stereocenters. The number of nitrogens with one attached hydrogen (secondary N) is 2. The molecule has 0 aliphatic rings. The van der Waals surface area contributed by atoms with Crippen molar-refractivity contribution in [2.24, 2.45) is 5.84 Å². The van der Waals surface area contributed by atoms with Crippen molar-refractivity contribution in [1.82, 2.24) is 4.98 Å². The van der Waals surface area contributed by atoms with E-state index in [0.29, 0.717) is 5.69 Å². The van der Waals surface area contributed by atoms with E-state index in [1.54, 1.807) is 18.2 Å². The van der Waals surface area contributed by atoms with Crippen molar-refractivity contribution in [2.45, 2.75) is 13.1 Å². The third kappa shape index (κ3) is 3.39. The van der Waals surface area contributed by atoms with E-state index in [-0.39, 0.29) is 11.6 Å². The molecule has 1 aromatic carbocycles. The molecule has 0 radical (unpaired) electrons. The Hall–Kier alpha value is -2.28. The molecule has 0 aliphatic heterocycles. The molecule has 106 valence electrons. The number of hydrazine groups is 1. The summed E-state index contributed by atoms with van der Waals surface area (Å²) in [4.78, 5) is 3.94. The summed E-state index contributed by atoms with van der Waals surface area (Å²) in [5, 5.41) is 2.83. The average molecular weight is 282 g/mol. The number of hydrogen-bond donors (Lipinski definition) is 3. The summed E-state index contributed by atoms with van der Waals surface area (Å²) in [6.07, 6.45) is -4.46. The first-order valence-corrected chi connectivity index (χ1v) is 5.78. The van der Waals surface area contributed by atoms with Gasteiger partial charge in [-0.2, -0.15) is 13.2 Å². The van der Waals surface area contributed by atoms with Gasteiger partial charge in [0.25, 0.3) is 0 Å². The summed E-state index contributed by atoms with van der Waals surface area (Å²) in [6.45, 7) is 1.89. The maximum Gasteiger partial charge on any atom is 0.416 e. The lowest BCUT2D eigenvalue weighted by Crippen LogP contribution is -2.13. The van der Waals surface area contributed by atoms with Crippen molar-refractivity contribution in [3.05, 3.63) is 47.5 Å². The second-order valence-corrected chi connectivity index (χ2v) is 4.26. The summed E-state index contributed by atoms with van der Waals surface area (Å²) >= 11 is 0. The van der Waals surface area contributed by atoms with Gasteiger partial charge in [0.1, 0.15) is 11.6 Å². The van der Waals surface area contributed by atoms with E-state index in [1.165, 1.54) is 0 Å². The quantitative estimate of drug-likeness (QED) is 0.596. The highest BCUT2D eigenvalue weighted by molar-refractivity contribution is 5.60. The first kappa shape index (κ1) is 14.1. The van der Waals surface area contributed by atoms with Gasteiger partial charge in [0.2, 0.25) is 0 Å². The fourth-order valence-electron chi connectivity index (χ4n) is 1.70. The molecule has 0 fully saturated rings. The fraction of sp³-hybridized carbons (Fsp3) is 0.154. The van der Waals surface area contributed by atoms with Gasteiger partial charge < -0.3 is 10.7 Å². The van der Waals surface area contributed by atoms with Gasteiger partial charge in [-0.05, 0) is 36.8 Å². The van der Waals surface area contributed by atoms with Crippen LogP contribution in [-0.4, -0.2) is 4.98 Å². The van der Waals surface area contributed by atoms with Crippen LogP contribution in [0.5, 0.6) is 0 Å². The number of benzene rings is 1. The SMILES string of the molecule is Cc1cccc(Nc2cc(C(F)(F)F)cc(NN)n2)c1. The number of nitrogen functional groups attached to an aromatic ring is 1. The minimum atomic E-state index is -4.46. The van der Waals surface area contributed by atoms with E-state index < -0.39 is 11.7 Å². The number of anilines is 3. The molecule has 0 saturated carbocycles. The highest BCUT2D eigenvalue weighted by Gasteiger charge is 2.31. The molecule has 1 aromatic heterocycles. The third-order valence-electron chi connectivity index (χ3n) is 2.59. The first-order chi connectivity index (χ1) is 9.38. The summed E-state index contributed by atoms with van der Waals surface area (Å²) in [5.41, 5.74) is 2.94. The number of hydrogen-bond acceptors (Lipinski definition) is 4. The molecule has 0 atom stereocenters. The zero-order valence-electron chi connectivity index (χ0n) is 10.6. The molecule has 0 amide bonds. The van der Waals surface area contributed by atoms with Crippen LogP contribution in [0.4, 0.5) is 30.5 Å². The van der Waals surface area contributed by atoms with Crippen LogP contribution in [0.25, 0.3) is 0 Å². The molecule has 0 bridgehead atoms. The summed E-state index contributed by atoms with van der Waals surface area (Å²) in [5.74, 6) is 5.15. The van der Waals surface area contributed by atoms with E-state index in [9.17, 15) is 13.2 Å². The zero-order valence-corrected chi connectivity index (χ0v) is 10.6. The second kappa shape index (κ2) is 5.38. The summed E-state index contributed by atoms with van der Waals surface area (Å²) < 4.78 is 38.3. The topological polar surface area (TPSA) is 63.0 Å². The van der Waals surface area contributed by atoms with Crippen LogP contribution in [-0.2, 0) is 6.18 Å². The second-order valence-electron chi connectivity index (χ2n) is 4.26. The molecule has 0 spiro atoms. The number of halogens is 3. The van der Waals surface area contributed by atoms with Crippen LogP contribution in [0.15, 0.2) is 36.4 Å². The lowest BCUT2D eigenvalue weighted by atomic mass is 10.2. The lowest BCUT2D eigenvalue weighted by molar-refractivity contribution is -0.137. The van der Waals surface area contributed by atoms with Crippen molar-refractivity contribution < 1.29 is 13.2 Å². The molecule has 0 saturated heterocycles. The van der Waals surface area contributed by atoms with Gasteiger partial charge in [0.15, 0.2) is 0 Å². The Labute approximate surface area is 113 Å². The van der Waals surface area contributed by atoms with Gasteiger partial charge >= 0.3 is 6.18 Å². The Morgan fingerprint density at radius 1 is 1.10 bits per heavy atom. The maximum absolute atomic E-state index is 12.8. The van der Waals surface area contributed by atoms with E-state index in [1.807, 2.05) is 13.0 Å². The van der Waals surface area contributed by atoms with Gasteiger partial charge in [-0.3, -0.25) is 0 Å². The van der Waals surface area contributed by atoms with E-state index in [2.05, 4.69) is 15.7 Å². The van der Waals surface area contributed by atoms with Crippen molar-refractivity contribution in [1.29, 1.82) is 0 Å². The Balaban J connectivity index is 2.36. The van der Waals surface area contributed by atoms with Crippen molar-refractivity contribution in [3.8, 4) is 0 Å². The molecule has 4 nitrogen and oxygen atoms in total. The lowest BCUT2D eigenvalue weighted by Gasteiger charge is -2.12. The molecule has 7 heteroatoms. The van der Waals surface area contributed by atoms with Crippen molar-refractivity contribution in [3.63, 3.8) is 0 Å². The maximum atomic E-state index is 12.8. The third-order valence-corrected chi connectivity index (χ3v) is 2.59. The molecule has 4 N–H and O–H groups in total. The van der Waals surface area contributed by atoms with E-state index >= 15 is 0 Å². The van der Waals surface area contributed by atoms with Crippen molar-refractivity contribution in [2.75, 3.05) is 10.7 Å². The standard InChI is InChI=1S/C13H13F3N4/c1-8-3-2-4-10(5-8)18-11-6-9(13(14,15)16)7-12(19-11)20-17/h2-7H,17H2,1H3,(H2,18,19,20). The van der Waals surface area contributed by atoms with Crippen LogP contribution in [0, 0.1) is 6.92 Å². The van der Waals surface area contributed by atoms with Crippen LogP contribution < -0.4 is 16.6 Å². The average Bonchev–Trinajstić information content (AvgIpc) is 2.37. The predicted molar refractivity (Wildman–Crippen MR) is 71.5 cm³/mol. The zero-order chi connectivity index (χ0) is 14.8. The van der Waals surface area contributed by atoms with Gasteiger partial charge in [-0.1, -0.05) is 12.1 Å². The molecule has 1 heterocycles. The molecular formula is C13H13F3N4. The number of pyridine rings is 1. The fourth-order valence-corrected chi connectivity index (χ4v) is 1.70. The van der Waals surface area contributed by atoms with Gasteiger partial charge in [0.05, 0.1) is 5.56 Å². The highest BCUT2D eigenvalue weighted by atomic mass is 19.4. The summed E-state index contributed by atoms with van der Waals surface area (Å²) in [6, 6.07) is 9.01. The molecule has 2 aromatic rings. The van der Waals surface area contributed by atoms with E-state index in [4.69, 9.17) is 5.84 Å². The summed E-state index contributed by atoms with van der Waals surface area (Å²) in [7, 11) is 0. The number of aryl methyl sites for hydroxylation is 1. The minimum Gasteiger partial charge on any atom is -0.340 e. The van der Waals surface area contributed by atoms with Crippen LogP contribution >= 0.6 is 0 Å². The number of rotatable bonds is 3. The Bertz CT molecular complexity index is 611. The van der Waals surface area contributed by atoms with Gasteiger partial charge in [-0.25, -0.2) is 10.8 Å². The van der Waals surface area contributed by atoms with Gasteiger partial charge in [-0.15, -0.1) is 0 Å². The number of aromatic nitrogens is 1. The molecule has 20 heavy (non-hydrogen) atoms. The Kier molecular flexibility index (Phi) is 3.80.